The average molecular weight is 437 g/mol. The van der Waals surface area contributed by atoms with Crippen molar-refractivity contribution in [1.82, 2.24) is 4.90 Å². The number of aliphatic imine (C=N–C) groups is 1. The lowest BCUT2D eigenvalue weighted by atomic mass is 10.3. The van der Waals surface area contributed by atoms with Crippen LogP contribution < -0.4 is 0 Å². The number of halogens is 1. The number of ether oxygens (including phenoxy) is 1. The number of carbonyl (C=O) groups is 1. The van der Waals surface area contributed by atoms with E-state index >= 15 is 0 Å². The number of hydrogen-bond acceptors (Lipinski definition) is 5. The van der Waals surface area contributed by atoms with Crippen LogP contribution in [-0.2, 0) is 9.53 Å². The number of thioether (sulfide) groups is 1. The second-order valence-corrected chi connectivity index (χ2v) is 8.79. The fraction of sp³-hybridized carbons (Fsp3) is 0.222. The number of carbonyl (C=O) groups excluding carboxylic acids is 1. The summed E-state index contributed by atoms with van der Waals surface area (Å²) >= 11 is 6.48. The molecule has 0 aliphatic carbocycles. The summed E-state index contributed by atoms with van der Waals surface area (Å²) in [5.74, 6) is 0.000284. The maximum atomic E-state index is 12.8. The fourth-order valence-electron chi connectivity index (χ4n) is 2.30. The summed E-state index contributed by atoms with van der Waals surface area (Å²) in [4.78, 5) is 21.0. The van der Waals surface area contributed by atoms with Gasteiger partial charge < -0.3 is 4.74 Å². The highest BCUT2D eigenvalue weighted by atomic mass is 79.9. The Kier molecular flexibility index (Phi) is 6.47. The first-order valence-electron chi connectivity index (χ1n) is 7.77. The molecule has 1 aromatic heterocycles. The second-order valence-electron chi connectivity index (χ2n) is 5.29. The number of benzene rings is 1. The van der Waals surface area contributed by atoms with Crippen LogP contribution in [0, 0.1) is 0 Å². The molecule has 7 heteroatoms. The van der Waals surface area contributed by atoms with Crippen molar-refractivity contribution in [2.45, 2.75) is 6.42 Å². The monoisotopic (exact) mass is 436 g/mol. The molecule has 25 heavy (non-hydrogen) atoms. The summed E-state index contributed by atoms with van der Waals surface area (Å²) in [5, 5.41) is 0.717. The molecule has 1 fully saturated rings. The minimum Gasteiger partial charge on any atom is -0.385 e. The summed E-state index contributed by atoms with van der Waals surface area (Å²) in [6.45, 7) is 1.21. The molecule has 0 radical (unpaired) electrons. The average Bonchev–Trinajstić information content (AvgIpc) is 3.14. The Balaban J connectivity index is 1.87. The van der Waals surface area contributed by atoms with Crippen LogP contribution in [0.25, 0.3) is 6.08 Å². The number of amidine groups is 1. The summed E-state index contributed by atoms with van der Waals surface area (Å²) < 4.78 is 6.16. The molecule has 1 saturated heterocycles. The molecule has 2 heterocycles. The molecule has 130 valence electrons. The minimum atomic E-state index is 0.000284. The third-order valence-corrected chi connectivity index (χ3v) is 6.04. The maximum absolute atomic E-state index is 12.8. The van der Waals surface area contributed by atoms with Gasteiger partial charge in [-0.2, -0.15) is 0 Å². The molecule has 0 saturated carbocycles. The van der Waals surface area contributed by atoms with E-state index in [1.54, 1.807) is 23.3 Å². The van der Waals surface area contributed by atoms with Gasteiger partial charge in [-0.25, -0.2) is 4.99 Å². The summed E-state index contributed by atoms with van der Waals surface area (Å²) in [6.07, 6.45) is 2.70. The first-order valence-corrected chi connectivity index (χ1v) is 10.2. The van der Waals surface area contributed by atoms with Crippen LogP contribution >= 0.6 is 39.0 Å². The lowest BCUT2D eigenvalue weighted by Gasteiger charge is -2.15. The smallest absolute Gasteiger partial charge is 0.266 e. The van der Waals surface area contributed by atoms with Gasteiger partial charge in [0, 0.05) is 25.1 Å². The van der Waals surface area contributed by atoms with Gasteiger partial charge in [0.25, 0.3) is 5.91 Å². The Labute approximate surface area is 163 Å². The van der Waals surface area contributed by atoms with Crippen LogP contribution in [0.15, 0.2) is 56.1 Å². The molecule has 1 aliphatic rings. The molecule has 0 spiro atoms. The van der Waals surface area contributed by atoms with Crippen molar-refractivity contribution in [1.29, 1.82) is 0 Å². The van der Waals surface area contributed by atoms with Crippen molar-refractivity contribution >= 4 is 61.9 Å². The normalized spacial score (nSPS) is 17.8. The van der Waals surface area contributed by atoms with E-state index in [-0.39, 0.29) is 5.91 Å². The van der Waals surface area contributed by atoms with E-state index < -0.39 is 0 Å². The van der Waals surface area contributed by atoms with E-state index in [2.05, 4.69) is 20.9 Å². The van der Waals surface area contributed by atoms with Crippen LogP contribution in [0.4, 0.5) is 5.69 Å². The Morgan fingerprint density at radius 1 is 1.24 bits per heavy atom. The molecule has 4 nitrogen and oxygen atoms in total. The highest BCUT2D eigenvalue weighted by Crippen LogP contribution is 2.35. The van der Waals surface area contributed by atoms with Gasteiger partial charge in [-0.05, 0) is 64.5 Å². The lowest BCUT2D eigenvalue weighted by molar-refractivity contribution is -0.122. The summed E-state index contributed by atoms with van der Waals surface area (Å²) in [6, 6.07) is 13.7. The van der Waals surface area contributed by atoms with E-state index in [4.69, 9.17) is 4.74 Å². The van der Waals surface area contributed by atoms with Crippen LogP contribution in [-0.4, -0.2) is 36.2 Å². The van der Waals surface area contributed by atoms with Crippen molar-refractivity contribution in [3.05, 3.63) is 56.0 Å². The highest BCUT2D eigenvalue weighted by Gasteiger charge is 2.33. The number of para-hydroxylation sites is 1. The maximum Gasteiger partial charge on any atom is 0.266 e. The molecule has 3 rings (SSSR count). The first kappa shape index (κ1) is 18.4. The van der Waals surface area contributed by atoms with Gasteiger partial charge >= 0.3 is 0 Å². The largest absolute Gasteiger partial charge is 0.385 e. The number of thiophene rings is 1. The number of nitrogens with zero attached hydrogens (tertiary/aromatic N) is 2. The van der Waals surface area contributed by atoms with Crippen molar-refractivity contribution in [3.63, 3.8) is 0 Å². The molecule has 2 aromatic rings. The summed E-state index contributed by atoms with van der Waals surface area (Å²) in [5.41, 5.74) is 0.842. The molecule has 0 bridgehead atoms. The summed E-state index contributed by atoms with van der Waals surface area (Å²) in [7, 11) is 1.67. The third-order valence-electron chi connectivity index (χ3n) is 3.47. The topological polar surface area (TPSA) is 41.9 Å². The van der Waals surface area contributed by atoms with Crippen molar-refractivity contribution < 1.29 is 9.53 Å². The Morgan fingerprint density at radius 2 is 2.04 bits per heavy atom. The van der Waals surface area contributed by atoms with Gasteiger partial charge in [0.2, 0.25) is 0 Å². The van der Waals surface area contributed by atoms with Crippen molar-refractivity contribution in [2.24, 2.45) is 4.99 Å². The van der Waals surface area contributed by atoms with E-state index in [9.17, 15) is 4.79 Å². The lowest BCUT2D eigenvalue weighted by Crippen LogP contribution is -2.30. The Bertz CT molecular complexity index is 802. The van der Waals surface area contributed by atoms with Crippen molar-refractivity contribution in [2.75, 3.05) is 20.3 Å². The van der Waals surface area contributed by atoms with Gasteiger partial charge in [0.1, 0.15) is 0 Å². The zero-order valence-corrected chi connectivity index (χ0v) is 16.9. The molecule has 1 aromatic carbocycles. The number of amides is 1. The molecule has 1 aliphatic heterocycles. The Morgan fingerprint density at radius 3 is 2.72 bits per heavy atom. The van der Waals surface area contributed by atoms with Crippen LogP contribution in [0.2, 0.25) is 0 Å². The molecule has 0 N–H and O–H groups in total. The van der Waals surface area contributed by atoms with E-state index in [0.29, 0.717) is 23.2 Å². The van der Waals surface area contributed by atoms with Crippen LogP contribution in [0.1, 0.15) is 11.3 Å². The molecule has 0 unspecified atom stereocenters. The van der Waals surface area contributed by atoms with Gasteiger partial charge in [-0.15, -0.1) is 11.3 Å². The number of hydrogen-bond donors (Lipinski definition) is 0. The van der Waals surface area contributed by atoms with E-state index in [0.717, 1.165) is 20.8 Å². The van der Waals surface area contributed by atoms with Crippen molar-refractivity contribution in [3.8, 4) is 0 Å². The zero-order valence-electron chi connectivity index (χ0n) is 13.6. The fourth-order valence-corrected chi connectivity index (χ4v) is 4.76. The SMILES string of the molecule is COCCCN1C(=O)/C(=C\c2ccc(Br)s2)SC1=Nc1ccccc1. The first-order chi connectivity index (χ1) is 12.2. The van der Waals surface area contributed by atoms with E-state index in [1.807, 2.05) is 48.5 Å². The number of methoxy groups -OCH3 is 1. The van der Waals surface area contributed by atoms with Gasteiger partial charge in [-0.1, -0.05) is 18.2 Å². The second kappa shape index (κ2) is 8.80. The predicted molar refractivity (Wildman–Crippen MR) is 109 cm³/mol. The Hall–Kier alpha value is -1.41. The van der Waals surface area contributed by atoms with Gasteiger partial charge in [0.05, 0.1) is 14.4 Å². The van der Waals surface area contributed by atoms with Crippen LogP contribution in [0.3, 0.4) is 0 Å². The predicted octanol–water partition coefficient (Wildman–Crippen LogP) is 5.15. The molecular weight excluding hydrogens is 420 g/mol. The van der Waals surface area contributed by atoms with Crippen LogP contribution in [0.5, 0.6) is 0 Å². The standard InChI is InChI=1S/C18H17BrN2O2S2/c1-23-11-5-10-21-17(22)15(12-14-8-9-16(19)24-14)25-18(21)20-13-6-3-2-4-7-13/h2-4,6-9,12H,5,10-11H2,1H3/b15-12+,20-18?. The number of rotatable bonds is 6. The highest BCUT2D eigenvalue weighted by molar-refractivity contribution is 9.11. The zero-order chi connectivity index (χ0) is 17.6. The third kappa shape index (κ3) is 4.82. The quantitative estimate of drug-likeness (QED) is 0.464. The minimum absolute atomic E-state index is 0.000284. The van der Waals surface area contributed by atoms with Gasteiger partial charge in [-0.3, -0.25) is 9.69 Å². The molecule has 1 amide bonds. The molecule has 0 atom stereocenters. The molecular formula is C18H17BrN2O2S2. The van der Waals surface area contributed by atoms with Gasteiger partial charge in [0.15, 0.2) is 5.17 Å². The van der Waals surface area contributed by atoms with E-state index in [1.165, 1.54) is 11.8 Å².